The number of rotatable bonds is 4. The molecule has 0 unspecified atom stereocenters. The number of carbonyl (C=O) groups excluding carboxylic acids is 1. The fourth-order valence-electron chi connectivity index (χ4n) is 3.47. The summed E-state index contributed by atoms with van der Waals surface area (Å²) >= 11 is 7.34. The molecule has 0 spiro atoms. The zero-order valence-electron chi connectivity index (χ0n) is 16.0. The molecule has 2 aromatic carbocycles. The molecule has 154 valence electrons. The van der Waals surface area contributed by atoms with Crippen LogP contribution in [0.2, 0.25) is 5.02 Å². The van der Waals surface area contributed by atoms with E-state index in [4.69, 9.17) is 11.6 Å². The molecule has 0 saturated carbocycles. The second kappa shape index (κ2) is 8.89. The van der Waals surface area contributed by atoms with Gasteiger partial charge in [-0.05, 0) is 55.3 Å². The number of para-hydroxylation sites is 1. The van der Waals surface area contributed by atoms with E-state index in [9.17, 15) is 14.9 Å². The van der Waals surface area contributed by atoms with Crippen molar-refractivity contribution in [1.82, 2.24) is 5.32 Å². The molecule has 2 saturated heterocycles. The maximum absolute atomic E-state index is 12.5. The number of aliphatic imine (C=N–C) groups is 1. The van der Waals surface area contributed by atoms with Crippen LogP contribution >= 0.6 is 23.4 Å². The van der Waals surface area contributed by atoms with Crippen molar-refractivity contribution in [2.45, 2.75) is 19.3 Å². The first kappa shape index (κ1) is 20.4. The zero-order valence-corrected chi connectivity index (χ0v) is 17.6. The van der Waals surface area contributed by atoms with Gasteiger partial charge in [-0.2, -0.15) is 0 Å². The molecular weight excluding hydrogens is 424 g/mol. The van der Waals surface area contributed by atoms with Gasteiger partial charge in [-0.3, -0.25) is 14.9 Å². The van der Waals surface area contributed by atoms with E-state index in [0.717, 1.165) is 31.6 Å². The number of nitro benzene ring substituents is 1. The summed E-state index contributed by atoms with van der Waals surface area (Å²) in [5.41, 5.74) is 2.11. The molecule has 4 rings (SSSR count). The number of hydrogen-bond acceptors (Lipinski definition) is 6. The van der Waals surface area contributed by atoms with Crippen LogP contribution in [-0.4, -0.2) is 29.1 Å². The summed E-state index contributed by atoms with van der Waals surface area (Å²) in [6.07, 6.45) is 5.04. The third-order valence-corrected chi connectivity index (χ3v) is 6.16. The molecule has 7 nitrogen and oxygen atoms in total. The van der Waals surface area contributed by atoms with E-state index in [2.05, 4.69) is 15.2 Å². The lowest BCUT2D eigenvalue weighted by Crippen LogP contribution is -2.30. The average Bonchev–Trinajstić information content (AvgIpc) is 3.09. The number of benzene rings is 2. The van der Waals surface area contributed by atoms with Gasteiger partial charge >= 0.3 is 0 Å². The first-order valence-electron chi connectivity index (χ1n) is 9.59. The lowest BCUT2D eigenvalue weighted by Gasteiger charge is -2.30. The lowest BCUT2D eigenvalue weighted by atomic mass is 10.1. The molecular formula is C21H19ClN4O3S. The minimum Gasteiger partial charge on any atom is -0.371 e. The van der Waals surface area contributed by atoms with Crippen molar-refractivity contribution in [2.75, 3.05) is 18.0 Å². The maximum Gasteiger partial charge on any atom is 0.270 e. The number of amidine groups is 1. The van der Waals surface area contributed by atoms with Gasteiger partial charge in [0.2, 0.25) is 0 Å². The van der Waals surface area contributed by atoms with Crippen LogP contribution in [0.25, 0.3) is 6.08 Å². The van der Waals surface area contributed by atoms with Crippen LogP contribution in [-0.2, 0) is 4.79 Å². The van der Waals surface area contributed by atoms with Gasteiger partial charge in [-0.25, -0.2) is 4.99 Å². The van der Waals surface area contributed by atoms with Gasteiger partial charge in [0.15, 0.2) is 5.17 Å². The maximum atomic E-state index is 12.5. The van der Waals surface area contributed by atoms with Crippen molar-refractivity contribution in [3.63, 3.8) is 0 Å². The number of thioether (sulfide) groups is 1. The number of nitrogens with zero attached hydrogens (tertiary/aromatic N) is 3. The van der Waals surface area contributed by atoms with Crippen molar-refractivity contribution < 1.29 is 9.72 Å². The van der Waals surface area contributed by atoms with E-state index in [1.807, 2.05) is 12.1 Å². The van der Waals surface area contributed by atoms with Crippen molar-refractivity contribution in [3.05, 3.63) is 68.1 Å². The van der Waals surface area contributed by atoms with E-state index >= 15 is 0 Å². The van der Waals surface area contributed by atoms with Crippen LogP contribution < -0.4 is 10.2 Å². The van der Waals surface area contributed by atoms with Gasteiger partial charge < -0.3 is 10.2 Å². The molecule has 1 N–H and O–H groups in total. The lowest BCUT2D eigenvalue weighted by molar-refractivity contribution is -0.384. The van der Waals surface area contributed by atoms with Gasteiger partial charge in [0.1, 0.15) is 0 Å². The Balaban J connectivity index is 1.67. The highest BCUT2D eigenvalue weighted by molar-refractivity contribution is 8.18. The molecule has 2 aliphatic heterocycles. The monoisotopic (exact) mass is 442 g/mol. The van der Waals surface area contributed by atoms with E-state index in [-0.39, 0.29) is 11.6 Å². The second-order valence-corrected chi connectivity index (χ2v) is 8.42. The highest BCUT2D eigenvalue weighted by atomic mass is 35.5. The van der Waals surface area contributed by atoms with Crippen LogP contribution in [0.5, 0.6) is 0 Å². The fourth-order valence-corrected chi connectivity index (χ4v) is 4.47. The standard InChI is InChI=1S/C21H19ClN4O3S/c22-16-6-2-3-7-17(16)23-21-24-20(27)19(30-21)13-14-12-15(26(28)29)8-9-18(14)25-10-4-1-5-11-25/h2-3,6-9,12-13H,1,4-5,10-11H2,(H,23,24,27)/b19-13+. The topological polar surface area (TPSA) is 87.8 Å². The third kappa shape index (κ3) is 4.49. The van der Waals surface area contributed by atoms with Crippen molar-refractivity contribution >= 4 is 57.6 Å². The number of non-ortho nitro benzene ring substituents is 1. The van der Waals surface area contributed by atoms with Gasteiger partial charge in [-0.1, -0.05) is 23.7 Å². The molecule has 2 heterocycles. The summed E-state index contributed by atoms with van der Waals surface area (Å²) in [7, 11) is 0. The molecule has 0 aliphatic carbocycles. The molecule has 0 aromatic heterocycles. The molecule has 2 fully saturated rings. The quantitative estimate of drug-likeness (QED) is 0.403. The number of piperidine rings is 1. The third-order valence-electron chi connectivity index (χ3n) is 4.93. The first-order valence-corrected chi connectivity index (χ1v) is 10.8. The largest absolute Gasteiger partial charge is 0.371 e. The van der Waals surface area contributed by atoms with Crippen molar-refractivity contribution in [2.24, 2.45) is 4.99 Å². The Labute approximate surface area is 183 Å². The smallest absolute Gasteiger partial charge is 0.270 e. The van der Waals surface area contributed by atoms with E-state index in [0.29, 0.717) is 26.3 Å². The number of halogens is 1. The predicted octanol–water partition coefficient (Wildman–Crippen LogP) is 5.13. The Kier molecular flexibility index (Phi) is 6.06. The van der Waals surface area contributed by atoms with Crippen LogP contribution in [0.3, 0.4) is 0 Å². The Bertz CT molecular complexity index is 1060. The molecule has 0 bridgehead atoms. The fraction of sp³-hybridized carbons (Fsp3) is 0.238. The van der Waals surface area contributed by atoms with Gasteiger partial charge in [-0.15, -0.1) is 0 Å². The number of hydrogen-bond donors (Lipinski definition) is 1. The Morgan fingerprint density at radius 2 is 1.93 bits per heavy atom. The summed E-state index contributed by atoms with van der Waals surface area (Å²) in [5.74, 6) is -0.290. The summed E-state index contributed by atoms with van der Waals surface area (Å²) in [4.78, 5) is 30.4. The Morgan fingerprint density at radius 3 is 2.67 bits per heavy atom. The summed E-state index contributed by atoms with van der Waals surface area (Å²) in [5, 5.41) is 14.9. The van der Waals surface area contributed by atoms with Gasteiger partial charge in [0.05, 0.1) is 20.5 Å². The van der Waals surface area contributed by atoms with E-state index < -0.39 is 4.92 Å². The highest BCUT2D eigenvalue weighted by Gasteiger charge is 2.25. The molecule has 2 aromatic rings. The van der Waals surface area contributed by atoms with E-state index in [1.165, 1.54) is 30.3 Å². The molecule has 9 heteroatoms. The summed E-state index contributed by atoms with van der Waals surface area (Å²) in [6.45, 7) is 1.79. The first-order chi connectivity index (χ1) is 14.5. The normalized spacial score (nSPS) is 19.4. The second-order valence-electron chi connectivity index (χ2n) is 6.98. The number of nitro groups is 1. The Hall–Kier alpha value is -2.84. The van der Waals surface area contributed by atoms with Crippen LogP contribution in [0.4, 0.5) is 17.1 Å². The van der Waals surface area contributed by atoms with Crippen LogP contribution in [0.15, 0.2) is 52.4 Å². The van der Waals surface area contributed by atoms with Gasteiger partial charge in [0, 0.05) is 36.5 Å². The predicted molar refractivity (Wildman–Crippen MR) is 121 cm³/mol. The molecule has 0 radical (unpaired) electrons. The van der Waals surface area contributed by atoms with E-state index in [1.54, 1.807) is 24.3 Å². The SMILES string of the molecule is O=C1NC(=Nc2ccccc2Cl)S/C1=C/c1cc([N+](=O)[O-])ccc1N1CCCCC1. The summed E-state index contributed by atoms with van der Waals surface area (Å²) in [6, 6.07) is 11.9. The summed E-state index contributed by atoms with van der Waals surface area (Å²) < 4.78 is 0. The molecule has 1 amide bonds. The minimum atomic E-state index is -0.422. The zero-order chi connectivity index (χ0) is 21.1. The average molecular weight is 443 g/mol. The minimum absolute atomic E-state index is 0.00373. The number of amides is 1. The molecule has 30 heavy (non-hydrogen) atoms. The van der Waals surface area contributed by atoms with Crippen LogP contribution in [0.1, 0.15) is 24.8 Å². The highest BCUT2D eigenvalue weighted by Crippen LogP contribution is 2.34. The van der Waals surface area contributed by atoms with Crippen molar-refractivity contribution in [3.8, 4) is 0 Å². The van der Waals surface area contributed by atoms with Crippen LogP contribution in [0, 0.1) is 10.1 Å². The Morgan fingerprint density at radius 1 is 1.17 bits per heavy atom. The van der Waals surface area contributed by atoms with Crippen molar-refractivity contribution in [1.29, 1.82) is 0 Å². The number of carbonyl (C=O) groups is 1. The number of anilines is 1. The van der Waals surface area contributed by atoms with Gasteiger partial charge in [0.25, 0.3) is 11.6 Å². The molecule has 2 aliphatic rings. The molecule has 0 atom stereocenters. The number of nitrogens with one attached hydrogen (secondary N) is 1.